The van der Waals surface area contributed by atoms with Gasteiger partial charge in [-0.05, 0) is 18.6 Å². The summed E-state index contributed by atoms with van der Waals surface area (Å²) in [7, 11) is 0. The van der Waals surface area contributed by atoms with Crippen LogP contribution in [0.5, 0.6) is 0 Å². The van der Waals surface area contributed by atoms with Crippen LogP contribution in [0.25, 0.3) is 6.08 Å². The summed E-state index contributed by atoms with van der Waals surface area (Å²) >= 11 is 5.86. The van der Waals surface area contributed by atoms with Crippen molar-refractivity contribution in [1.29, 1.82) is 0 Å². The molecule has 0 bridgehead atoms. The Kier molecular flexibility index (Phi) is 5.43. The summed E-state index contributed by atoms with van der Waals surface area (Å²) in [5.74, 6) is -0.293. The molecule has 0 heterocycles. The van der Waals surface area contributed by atoms with Crippen LogP contribution < -0.4 is 0 Å². The third-order valence-corrected chi connectivity index (χ3v) is 2.42. The molecule has 4 heteroatoms. The van der Waals surface area contributed by atoms with Gasteiger partial charge < -0.3 is 4.74 Å². The number of halogens is 1. The number of benzene rings is 1. The standard InChI is InChI=1S/C13H13ClO3/c1-2-17-13(16)8-4-6-10-5-3-7-12(14)11(10)9-15/h3-7,9H,2,8H2,1H3. The molecule has 17 heavy (non-hydrogen) atoms. The molecule has 0 amide bonds. The second kappa shape index (κ2) is 6.86. The van der Waals surface area contributed by atoms with Crippen molar-refractivity contribution < 1.29 is 14.3 Å². The van der Waals surface area contributed by atoms with Crippen LogP contribution in [-0.2, 0) is 9.53 Å². The number of carbonyl (C=O) groups excluding carboxylic acids is 2. The minimum atomic E-state index is -0.293. The molecule has 0 spiro atoms. The van der Waals surface area contributed by atoms with Gasteiger partial charge in [0.15, 0.2) is 6.29 Å². The fourth-order valence-corrected chi connectivity index (χ4v) is 1.55. The molecule has 0 saturated carbocycles. The maximum Gasteiger partial charge on any atom is 0.309 e. The van der Waals surface area contributed by atoms with Gasteiger partial charge in [-0.15, -0.1) is 0 Å². The highest BCUT2D eigenvalue weighted by Gasteiger charge is 2.03. The van der Waals surface area contributed by atoms with Gasteiger partial charge in [0, 0.05) is 5.56 Å². The molecule has 90 valence electrons. The second-order valence-corrected chi connectivity index (χ2v) is 3.68. The van der Waals surface area contributed by atoms with Crippen LogP contribution in [0.15, 0.2) is 24.3 Å². The molecule has 0 saturated heterocycles. The first-order valence-corrected chi connectivity index (χ1v) is 5.62. The van der Waals surface area contributed by atoms with Crippen LogP contribution in [-0.4, -0.2) is 18.9 Å². The third kappa shape index (κ3) is 4.04. The normalized spacial score (nSPS) is 10.5. The number of rotatable bonds is 5. The lowest BCUT2D eigenvalue weighted by Gasteiger charge is -2.01. The van der Waals surface area contributed by atoms with Crippen LogP contribution in [0.1, 0.15) is 29.3 Å². The van der Waals surface area contributed by atoms with Crippen LogP contribution in [0.3, 0.4) is 0 Å². The van der Waals surface area contributed by atoms with Gasteiger partial charge in [-0.3, -0.25) is 9.59 Å². The zero-order valence-corrected chi connectivity index (χ0v) is 10.2. The average Bonchev–Trinajstić information content (AvgIpc) is 2.29. The van der Waals surface area contributed by atoms with E-state index in [0.717, 1.165) is 0 Å². The summed E-state index contributed by atoms with van der Waals surface area (Å²) in [6.07, 6.45) is 4.22. The summed E-state index contributed by atoms with van der Waals surface area (Å²) in [6.45, 7) is 2.12. The smallest absolute Gasteiger partial charge is 0.309 e. The minimum absolute atomic E-state index is 0.179. The first-order valence-electron chi connectivity index (χ1n) is 5.25. The van der Waals surface area contributed by atoms with Gasteiger partial charge in [-0.25, -0.2) is 0 Å². The minimum Gasteiger partial charge on any atom is -0.466 e. The van der Waals surface area contributed by atoms with Crippen LogP contribution in [0, 0.1) is 0 Å². The van der Waals surface area contributed by atoms with E-state index in [9.17, 15) is 9.59 Å². The fraction of sp³-hybridized carbons (Fsp3) is 0.231. The van der Waals surface area contributed by atoms with E-state index in [4.69, 9.17) is 16.3 Å². The number of hydrogen-bond acceptors (Lipinski definition) is 3. The molecule has 0 fully saturated rings. The highest BCUT2D eigenvalue weighted by atomic mass is 35.5. The molecule has 1 aromatic carbocycles. The van der Waals surface area contributed by atoms with E-state index in [1.807, 2.05) is 0 Å². The van der Waals surface area contributed by atoms with E-state index in [-0.39, 0.29) is 12.4 Å². The summed E-state index contributed by atoms with van der Waals surface area (Å²) < 4.78 is 4.77. The Bertz CT molecular complexity index is 438. The lowest BCUT2D eigenvalue weighted by Crippen LogP contribution is -2.01. The molecule has 1 rings (SSSR count). The SMILES string of the molecule is CCOC(=O)CC=Cc1cccc(Cl)c1C=O. The van der Waals surface area contributed by atoms with Crippen molar-refractivity contribution in [1.82, 2.24) is 0 Å². The number of esters is 1. The Morgan fingerprint density at radius 3 is 2.88 bits per heavy atom. The molecular weight excluding hydrogens is 240 g/mol. The largest absolute Gasteiger partial charge is 0.466 e. The third-order valence-electron chi connectivity index (χ3n) is 2.09. The molecule has 0 unspecified atom stereocenters. The molecule has 0 aliphatic carbocycles. The number of hydrogen-bond donors (Lipinski definition) is 0. The molecule has 0 radical (unpaired) electrons. The fourth-order valence-electron chi connectivity index (χ4n) is 1.33. The lowest BCUT2D eigenvalue weighted by atomic mass is 10.1. The first-order chi connectivity index (χ1) is 8.19. The molecule has 0 aliphatic rings. The van der Waals surface area contributed by atoms with Gasteiger partial charge in [0.05, 0.1) is 18.1 Å². The number of aldehydes is 1. The van der Waals surface area contributed by atoms with Crippen molar-refractivity contribution in [2.45, 2.75) is 13.3 Å². The van der Waals surface area contributed by atoms with Crippen molar-refractivity contribution in [3.8, 4) is 0 Å². The maximum atomic E-state index is 11.1. The molecule has 0 N–H and O–H groups in total. The Balaban J connectivity index is 2.74. The van der Waals surface area contributed by atoms with Crippen molar-refractivity contribution in [3.63, 3.8) is 0 Å². The van der Waals surface area contributed by atoms with E-state index < -0.39 is 0 Å². The van der Waals surface area contributed by atoms with Crippen LogP contribution in [0.2, 0.25) is 5.02 Å². The lowest BCUT2D eigenvalue weighted by molar-refractivity contribution is -0.142. The van der Waals surface area contributed by atoms with E-state index >= 15 is 0 Å². The Morgan fingerprint density at radius 2 is 2.24 bits per heavy atom. The molecule has 1 aromatic rings. The first kappa shape index (κ1) is 13.5. The molecule has 3 nitrogen and oxygen atoms in total. The predicted octanol–water partition coefficient (Wildman–Crippen LogP) is 3.12. The van der Waals surface area contributed by atoms with Crippen molar-refractivity contribution >= 4 is 29.9 Å². The van der Waals surface area contributed by atoms with Crippen molar-refractivity contribution in [2.75, 3.05) is 6.61 Å². The van der Waals surface area contributed by atoms with Gasteiger partial charge in [-0.2, -0.15) is 0 Å². The van der Waals surface area contributed by atoms with E-state index in [1.165, 1.54) is 0 Å². The predicted molar refractivity (Wildman–Crippen MR) is 67.1 cm³/mol. The zero-order valence-electron chi connectivity index (χ0n) is 9.48. The quantitative estimate of drug-likeness (QED) is 0.597. The van der Waals surface area contributed by atoms with Crippen molar-refractivity contribution in [3.05, 3.63) is 40.4 Å². The van der Waals surface area contributed by atoms with Gasteiger partial charge in [0.1, 0.15) is 0 Å². The van der Waals surface area contributed by atoms with Gasteiger partial charge in [-0.1, -0.05) is 35.9 Å². The molecule has 0 atom stereocenters. The monoisotopic (exact) mass is 252 g/mol. The summed E-state index contributed by atoms with van der Waals surface area (Å²) in [5, 5.41) is 0.401. The van der Waals surface area contributed by atoms with E-state index in [0.29, 0.717) is 29.0 Å². The molecule has 0 aromatic heterocycles. The number of carbonyl (C=O) groups is 2. The Morgan fingerprint density at radius 1 is 1.47 bits per heavy atom. The number of ether oxygens (including phenoxy) is 1. The molecule has 0 aliphatic heterocycles. The van der Waals surface area contributed by atoms with Crippen molar-refractivity contribution in [2.24, 2.45) is 0 Å². The van der Waals surface area contributed by atoms with E-state index in [1.54, 1.807) is 37.3 Å². The second-order valence-electron chi connectivity index (χ2n) is 3.27. The maximum absolute atomic E-state index is 11.1. The average molecular weight is 253 g/mol. The van der Waals surface area contributed by atoms with Gasteiger partial charge in [0.25, 0.3) is 0 Å². The molecular formula is C13H13ClO3. The topological polar surface area (TPSA) is 43.4 Å². The highest BCUT2D eigenvalue weighted by Crippen LogP contribution is 2.19. The summed E-state index contributed by atoms with van der Waals surface area (Å²) in [5.41, 5.74) is 1.12. The highest BCUT2D eigenvalue weighted by molar-refractivity contribution is 6.33. The van der Waals surface area contributed by atoms with Crippen LogP contribution >= 0.6 is 11.6 Å². The Labute approximate surface area is 105 Å². The Hall–Kier alpha value is -1.61. The van der Waals surface area contributed by atoms with Crippen LogP contribution in [0.4, 0.5) is 0 Å². The zero-order chi connectivity index (χ0) is 12.7. The summed E-state index contributed by atoms with van der Waals surface area (Å²) in [6, 6.07) is 5.16. The summed E-state index contributed by atoms with van der Waals surface area (Å²) in [4.78, 5) is 21.9. The van der Waals surface area contributed by atoms with Gasteiger partial charge in [0.2, 0.25) is 0 Å². The van der Waals surface area contributed by atoms with E-state index in [2.05, 4.69) is 0 Å². The van der Waals surface area contributed by atoms with Gasteiger partial charge >= 0.3 is 5.97 Å².